The molecule has 3 aliphatic rings. The number of benzene rings is 1. The van der Waals surface area contributed by atoms with Crippen LogP contribution in [0.2, 0.25) is 0 Å². The van der Waals surface area contributed by atoms with Gasteiger partial charge in [-0.3, -0.25) is 0 Å². The van der Waals surface area contributed by atoms with Gasteiger partial charge in [0.25, 0.3) is 0 Å². The minimum Gasteiger partial charge on any atom is -0.504 e. The van der Waals surface area contributed by atoms with Crippen molar-refractivity contribution in [3.05, 3.63) is 47.7 Å². The van der Waals surface area contributed by atoms with Gasteiger partial charge < -0.3 is 55.3 Å². The Morgan fingerprint density at radius 2 is 1.86 bits per heavy atom. The molecule has 0 aliphatic carbocycles. The Morgan fingerprint density at radius 3 is 2.53 bits per heavy atom. The average molecular weight is 510 g/mol. The van der Waals surface area contributed by atoms with Crippen LogP contribution in [-0.2, 0) is 25.4 Å². The summed E-state index contributed by atoms with van der Waals surface area (Å²) in [6.07, 6.45) is -5.35. The smallest absolute Gasteiger partial charge is 0.334 e. The van der Waals surface area contributed by atoms with Crippen molar-refractivity contribution in [2.45, 2.75) is 55.9 Å². The Labute approximate surface area is 206 Å². The van der Waals surface area contributed by atoms with E-state index in [0.29, 0.717) is 13.0 Å². The first-order chi connectivity index (χ1) is 17.2. The fourth-order valence-electron chi connectivity index (χ4n) is 5.05. The van der Waals surface area contributed by atoms with Crippen LogP contribution in [0.25, 0.3) is 0 Å². The summed E-state index contributed by atoms with van der Waals surface area (Å²) in [6, 6.07) is 2.57. The summed E-state index contributed by atoms with van der Waals surface area (Å²) in [5, 5.41) is 72.9. The Hall–Kier alpha value is -2.71. The maximum atomic E-state index is 12.1. The number of carbonyl (C=O) groups is 1. The molecular formula is C24H31NO11. The summed E-state index contributed by atoms with van der Waals surface area (Å²) < 4.78 is 16.7. The molecule has 3 aliphatic heterocycles. The zero-order chi connectivity index (χ0) is 26.1. The van der Waals surface area contributed by atoms with Crippen LogP contribution >= 0.6 is 0 Å². The Morgan fingerprint density at radius 1 is 1.14 bits per heavy atom. The van der Waals surface area contributed by atoms with Crippen molar-refractivity contribution in [2.24, 2.45) is 11.8 Å². The molecule has 0 bridgehead atoms. The van der Waals surface area contributed by atoms with E-state index in [1.54, 1.807) is 0 Å². The number of aliphatic hydroxyl groups excluding tert-OH is 4. The molecule has 36 heavy (non-hydrogen) atoms. The number of aromatic hydroxyl groups is 2. The number of aliphatic hydroxyl groups is 4. The van der Waals surface area contributed by atoms with Crippen molar-refractivity contribution in [3.63, 3.8) is 0 Å². The molecule has 1 aromatic carbocycles. The largest absolute Gasteiger partial charge is 0.504 e. The summed E-state index contributed by atoms with van der Waals surface area (Å²) in [5.74, 6) is -3.16. The lowest BCUT2D eigenvalue weighted by atomic mass is 9.77. The van der Waals surface area contributed by atoms with E-state index in [1.807, 2.05) is 0 Å². The van der Waals surface area contributed by atoms with Gasteiger partial charge in [-0.1, -0.05) is 6.08 Å². The molecule has 1 aromatic rings. The SMILES string of the molecule is C=C[C@H]1[C@H](O[C@@H]2O[C@H](CO)[C@@H](O)[C@H](O)[C@H]2O)OC=C(C(=O)O)[C@H]1C[C@H]1NCCc2cc(O)c(O)cc21. The van der Waals surface area contributed by atoms with Crippen molar-refractivity contribution >= 4 is 5.97 Å². The van der Waals surface area contributed by atoms with Gasteiger partial charge >= 0.3 is 5.97 Å². The van der Waals surface area contributed by atoms with Gasteiger partial charge in [0, 0.05) is 17.9 Å². The second-order valence-electron chi connectivity index (χ2n) is 9.17. The van der Waals surface area contributed by atoms with Gasteiger partial charge in [0.2, 0.25) is 6.29 Å². The molecule has 0 unspecified atom stereocenters. The van der Waals surface area contributed by atoms with Crippen LogP contribution < -0.4 is 5.32 Å². The quantitative estimate of drug-likeness (QED) is 0.169. The predicted molar refractivity (Wildman–Crippen MR) is 121 cm³/mol. The highest BCUT2D eigenvalue weighted by atomic mass is 16.8. The molecule has 3 heterocycles. The number of phenols is 2. The normalized spacial score (nSPS) is 36.3. The maximum Gasteiger partial charge on any atom is 0.334 e. The van der Waals surface area contributed by atoms with Crippen LogP contribution in [0, 0.1) is 11.8 Å². The molecule has 0 saturated carbocycles. The summed E-state index contributed by atoms with van der Waals surface area (Å²) in [4.78, 5) is 12.1. The maximum absolute atomic E-state index is 12.1. The Bertz CT molecular complexity index is 1010. The van der Waals surface area contributed by atoms with Crippen molar-refractivity contribution in [2.75, 3.05) is 13.2 Å². The highest BCUT2D eigenvalue weighted by molar-refractivity contribution is 5.87. The zero-order valence-corrected chi connectivity index (χ0v) is 19.3. The van der Waals surface area contributed by atoms with Crippen LogP contribution in [0.15, 0.2) is 36.6 Å². The first-order valence-electron chi connectivity index (χ1n) is 11.6. The van der Waals surface area contributed by atoms with E-state index in [1.165, 1.54) is 18.2 Å². The van der Waals surface area contributed by atoms with Gasteiger partial charge in [-0.25, -0.2) is 4.79 Å². The van der Waals surface area contributed by atoms with Crippen LogP contribution in [0.5, 0.6) is 11.5 Å². The second-order valence-corrected chi connectivity index (χ2v) is 9.17. The van der Waals surface area contributed by atoms with Gasteiger partial charge in [-0.05, 0) is 42.6 Å². The summed E-state index contributed by atoms with van der Waals surface area (Å²) in [6.45, 7) is 3.74. The van der Waals surface area contributed by atoms with Gasteiger partial charge in [-0.15, -0.1) is 6.58 Å². The van der Waals surface area contributed by atoms with Crippen molar-refractivity contribution in [1.82, 2.24) is 5.32 Å². The second kappa shape index (κ2) is 10.7. The van der Waals surface area contributed by atoms with Crippen LogP contribution in [-0.4, -0.2) is 91.9 Å². The van der Waals surface area contributed by atoms with E-state index in [9.17, 15) is 40.5 Å². The molecule has 1 fully saturated rings. The minimum atomic E-state index is -1.66. The molecular weight excluding hydrogens is 478 g/mol. The number of carboxylic acids is 1. The zero-order valence-electron chi connectivity index (χ0n) is 19.3. The third-order valence-corrected chi connectivity index (χ3v) is 7.03. The third-order valence-electron chi connectivity index (χ3n) is 7.03. The molecule has 12 heteroatoms. The van der Waals surface area contributed by atoms with E-state index >= 15 is 0 Å². The lowest BCUT2D eigenvalue weighted by Crippen LogP contribution is -2.60. The monoisotopic (exact) mass is 509 g/mol. The lowest BCUT2D eigenvalue weighted by molar-refractivity contribution is -0.339. The highest BCUT2D eigenvalue weighted by Gasteiger charge is 2.47. The number of rotatable bonds is 7. The van der Waals surface area contributed by atoms with Crippen molar-refractivity contribution in [1.29, 1.82) is 0 Å². The van der Waals surface area contributed by atoms with Gasteiger partial charge in [0.1, 0.15) is 24.4 Å². The summed E-state index contributed by atoms with van der Waals surface area (Å²) in [7, 11) is 0. The summed E-state index contributed by atoms with van der Waals surface area (Å²) >= 11 is 0. The van der Waals surface area contributed by atoms with Crippen molar-refractivity contribution in [3.8, 4) is 11.5 Å². The molecule has 198 valence electrons. The average Bonchev–Trinajstić information content (AvgIpc) is 2.85. The number of phenolic OH excluding ortho intramolecular Hbond substituents is 2. The Kier molecular flexibility index (Phi) is 7.85. The van der Waals surface area contributed by atoms with E-state index in [4.69, 9.17) is 14.2 Å². The van der Waals surface area contributed by atoms with Crippen molar-refractivity contribution < 1.29 is 54.8 Å². The number of ether oxygens (including phenoxy) is 3. The van der Waals surface area contributed by atoms with E-state index in [2.05, 4.69) is 11.9 Å². The number of aliphatic carboxylic acids is 1. The predicted octanol–water partition coefficient (Wildman–Crippen LogP) is -0.766. The standard InChI is InChI=1S/C24H31NO11/c1-2-11-13(6-15-12-7-17(28)16(27)5-10(12)3-4-25-15)14(22(32)33)9-34-23(11)36-24-21(31)20(30)19(29)18(8-26)35-24/h2,5,7,9,11,13,15,18-21,23-31H,1,3-4,6,8H2,(H,32,33)/t11-,13+,15-,18-,19-,20+,21-,23+,24+/m1/s1. The molecule has 1 saturated heterocycles. The topological polar surface area (TPSA) is 198 Å². The Balaban J connectivity index is 1.59. The molecule has 0 amide bonds. The number of hydrogen-bond acceptors (Lipinski definition) is 11. The first-order valence-corrected chi connectivity index (χ1v) is 11.6. The van der Waals surface area contributed by atoms with Gasteiger partial charge in [0.15, 0.2) is 17.8 Å². The molecule has 0 radical (unpaired) electrons. The van der Waals surface area contributed by atoms with E-state index in [0.717, 1.165) is 17.4 Å². The molecule has 0 spiro atoms. The van der Waals surface area contributed by atoms with Crippen LogP contribution in [0.1, 0.15) is 23.6 Å². The highest BCUT2D eigenvalue weighted by Crippen LogP contribution is 2.42. The number of fused-ring (bicyclic) bond motifs is 1. The fourth-order valence-corrected chi connectivity index (χ4v) is 5.05. The first kappa shape index (κ1) is 26.4. The molecule has 12 nitrogen and oxygen atoms in total. The van der Waals surface area contributed by atoms with E-state index in [-0.39, 0.29) is 29.5 Å². The number of hydrogen-bond donors (Lipinski definition) is 8. The fraction of sp³-hybridized carbons (Fsp3) is 0.542. The van der Waals surface area contributed by atoms with Crippen LogP contribution in [0.3, 0.4) is 0 Å². The number of nitrogens with one attached hydrogen (secondary N) is 1. The molecule has 8 N–H and O–H groups in total. The third kappa shape index (κ3) is 4.93. The van der Waals surface area contributed by atoms with Gasteiger partial charge in [-0.2, -0.15) is 0 Å². The summed E-state index contributed by atoms with van der Waals surface area (Å²) in [5.41, 5.74) is 1.51. The molecule has 0 aromatic heterocycles. The molecule has 4 rings (SSSR count). The molecule has 9 atom stereocenters. The minimum absolute atomic E-state index is 0.0366. The van der Waals surface area contributed by atoms with Gasteiger partial charge in [0.05, 0.1) is 18.4 Å². The van der Waals surface area contributed by atoms with Crippen LogP contribution in [0.4, 0.5) is 0 Å². The van der Waals surface area contributed by atoms with E-state index < -0.39 is 61.4 Å². The number of carboxylic acid groups (broad SMARTS) is 1. The lowest BCUT2D eigenvalue weighted by Gasteiger charge is -2.43.